The number of aromatic amines is 1. The van der Waals surface area contributed by atoms with Crippen molar-refractivity contribution in [2.75, 3.05) is 6.61 Å². The van der Waals surface area contributed by atoms with Crippen LogP contribution in [0.1, 0.15) is 30.1 Å². The van der Waals surface area contributed by atoms with Crippen molar-refractivity contribution in [1.29, 1.82) is 0 Å². The highest BCUT2D eigenvalue weighted by Crippen LogP contribution is 2.38. The van der Waals surface area contributed by atoms with Crippen LogP contribution >= 0.6 is 12.2 Å². The summed E-state index contributed by atoms with van der Waals surface area (Å²) in [6, 6.07) is 6.98. The lowest BCUT2D eigenvalue weighted by Gasteiger charge is -2.03. The lowest BCUT2D eigenvalue weighted by Crippen LogP contribution is -2.09. The van der Waals surface area contributed by atoms with Gasteiger partial charge < -0.3 is 9.84 Å². The molecule has 1 heterocycles. The molecule has 1 fully saturated rings. The van der Waals surface area contributed by atoms with Crippen molar-refractivity contribution in [1.82, 2.24) is 14.9 Å². The van der Waals surface area contributed by atoms with E-state index in [-0.39, 0.29) is 6.61 Å². The molecule has 1 aliphatic carbocycles. The molecule has 0 bridgehead atoms. The second-order valence-electron chi connectivity index (χ2n) is 4.97. The van der Waals surface area contributed by atoms with Crippen LogP contribution in [0.15, 0.2) is 29.4 Å². The Bertz CT molecular complexity index is 759. The lowest BCUT2D eigenvalue weighted by atomic mass is 10.2. The van der Waals surface area contributed by atoms with Gasteiger partial charge in [-0.3, -0.25) is 5.10 Å². The van der Waals surface area contributed by atoms with E-state index in [1.165, 1.54) is 0 Å². The van der Waals surface area contributed by atoms with Crippen molar-refractivity contribution in [3.05, 3.63) is 40.4 Å². The van der Waals surface area contributed by atoms with Gasteiger partial charge in [0.1, 0.15) is 5.75 Å². The number of carboxylic acids is 1. The number of benzene rings is 1. The number of aliphatic carboxylic acids is 1. The standard InChI is InChI=1S/C14H14N4O3S/c19-12(20)8-21-11-5-1-9(2-6-11)7-15-18-13(10-3-4-10)16-17-14(18)22/h1-2,5-7,10H,3-4,8H2,(H,17,22)(H,19,20)/b15-7-. The van der Waals surface area contributed by atoms with E-state index in [2.05, 4.69) is 15.3 Å². The Morgan fingerprint density at radius 3 is 2.86 bits per heavy atom. The third-order valence-corrected chi connectivity index (χ3v) is 3.45. The summed E-state index contributed by atoms with van der Waals surface area (Å²) in [6.07, 6.45) is 3.91. The number of rotatable bonds is 6. The molecule has 2 aromatic rings. The lowest BCUT2D eigenvalue weighted by molar-refractivity contribution is -0.139. The molecule has 0 aliphatic heterocycles. The van der Waals surface area contributed by atoms with Crippen LogP contribution in [0.4, 0.5) is 0 Å². The molecule has 1 aliphatic rings. The Morgan fingerprint density at radius 2 is 2.23 bits per heavy atom. The average Bonchev–Trinajstić information content (AvgIpc) is 3.28. The molecule has 0 unspecified atom stereocenters. The summed E-state index contributed by atoms with van der Waals surface area (Å²) in [7, 11) is 0. The molecule has 0 spiro atoms. The second kappa shape index (κ2) is 6.10. The van der Waals surface area contributed by atoms with Crippen molar-refractivity contribution < 1.29 is 14.6 Å². The Hall–Kier alpha value is -2.48. The zero-order valence-electron chi connectivity index (χ0n) is 11.6. The monoisotopic (exact) mass is 318 g/mol. The van der Waals surface area contributed by atoms with Gasteiger partial charge in [0.15, 0.2) is 12.4 Å². The molecule has 0 atom stereocenters. The molecular weight excluding hydrogens is 304 g/mol. The van der Waals surface area contributed by atoms with Crippen LogP contribution < -0.4 is 4.74 Å². The smallest absolute Gasteiger partial charge is 0.341 e. The maximum atomic E-state index is 10.4. The van der Waals surface area contributed by atoms with Crippen LogP contribution in [0.25, 0.3) is 0 Å². The number of hydrogen-bond donors (Lipinski definition) is 2. The van der Waals surface area contributed by atoms with Crippen molar-refractivity contribution in [3.63, 3.8) is 0 Å². The van der Waals surface area contributed by atoms with Gasteiger partial charge in [0.25, 0.3) is 0 Å². The van der Waals surface area contributed by atoms with E-state index in [0.29, 0.717) is 16.4 Å². The third-order valence-electron chi connectivity index (χ3n) is 3.18. The summed E-state index contributed by atoms with van der Waals surface area (Å²) in [6.45, 7) is -0.359. The minimum atomic E-state index is -1.01. The van der Waals surface area contributed by atoms with Gasteiger partial charge in [-0.1, -0.05) is 0 Å². The SMILES string of the molecule is O=C(O)COc1ccc(/C=N\n2c(C3CC3)n[nH]c2=S)cc1. The first-order valence-electron chi connectivity index (χ1n) is 6.80. The van der Waals surface area contributed by atoms with E-state index < -0.39 is 5.97 Å². The first-order valence-corrected chi connectivity index (χ1v) is 7.20. The van der Waals surface area contributed by atoms with Crippen LogP contribution in [0.5, 0.6) is 5.75 Å². The fraction of sp³-hybridized carbons (Fsp3) is 0.286. The molecule has 0 radical (unpaired) electrons. The largest absolute Gasteiger partial charge is 0.482 e. The predicted molar refractivity (Wildman–Crippen MR) is 82.0 cm³/mol. The minimum Gasteiger partial charge on any atom is -0.482 e. The van der Waals surface area contributed by atoms with Crippen LogP contribution in [0.3, 0.4) is 0 Å². The predicted octanol–water partition coefficient (Wildman–Crippen LogP) is 2.16. The Labute approximate surface area is 131 Å². The van der Waals surface area contributed by atoms with Crippen molar-refractivity contribution >= 4 is 24.4 Å². The number of nitrogens with zero attached hydrogens (tertiary/aromatic N) is 3. The molecule has 1 saturated carbocycles. The number of carboxylic acid groups (broad SMARTS) is 1. The summed E-state index contributed by atoms with van der Waals surface area (Å²) in [5.74, 6) is 0.797. The molecule has 3 rings (SSSR count). The van der Waals surface area contributed by atoms with Crippen LogP contribution in [-0.4, -0.2) is 38.8 Å². The maximum Gasteiger partial charge on any atom is 0.341 e. The molecule has 1 aromatic carbocycles. The first-order chi connectivity index (χ1) is 10.6. The van der Waals surface area contributed by atoms with Crippen LogP contribution in [0.2, 0.25) is 0 Å². The number of hydrogen-bond acceptors (Lipinski definition) is 5. The fourth-order valence-corrected chi connectivity index (χ4v) is 2.13. The highest BCUT2D eigenvalue weighted by molar-refractivity contribution is 7.71. The van der Waals surface area contributed by atoms with Gasteiger partial charge in [-0.15, -0.1) is 0 Å². The number of ether oxygens (including phenoxy) is 1. The topological polar surface area (TPSA) is 92.5 Å². The van der Waals surface area contributed by atoms with Crippen LogP contribution in [-0.2, 0) is 4.79 Å². The number of aromatic nitrogens is 3. The van der Waals surface area contributed by atoms with E-state index in [1.54, 1.807) is 35.2 Å². The van der Waals surface area contributed by atoms with Crippen molar-refractivity contribution in [2.45, 2.75) is 18.8 Å². The van der Waals surface area contributed by atoms with Gasteiger partial charge in [-0.25, -0.2) is 4.79 Å². The second-order valence-corrected chi connectivity index (χ2v) is 5.36. The maximum absolute atomic E-state index is 10.4. The molecular formula is C14H14N4O3S. The fourth-order valence-electron chi connectivity index (χ4n) is 1.94. The summed E-state index contributed by atoms with van der Waals surface area (Å²) in [5.41, 5.74) is 0.854. The normalized spacial score (nSPS) is 14.4. The minimum absolute atomic E-state index is 0.359. The van der Waals surface area contributed by atoms with E-state index in [9.17, 15) is 4.79 Å². The third kappa shape index (κ3) is 3.40. The van der Waals surface area contributed by atoms with Gasteiger partial charge in [-0.2, -0.15) is 14.9 Å². The Kier molecular flexibility index (Phi) is 4.01. The molecule has 114 valence electrons. The molecule has 7 nitrogen and oxygen atoms in total. The van der Waals surface area contributed by atoms with E-state index >= 15 is 0 Å². The molecule has 0 saturated heterocycles. The number of H-pyrrole nitrogens is 1. The highest BCUT2D eigenvalue weighted by Gasteiger charge is 2.29. The summed E-state index contributed by atoms with van der Waals surface area (Å²) in [4.78, 5) is 10.4. The highest BCUT2D eigenvalue weighted by atomic mass is 32.1. The Balaban J connectivity index is 1.71. The van der Waals surface area contributed by atoms with E-state index in [4.69, 9.17) is 22.1 Å². The molecule has 2 N–H and O–H groups in total. The summed E-state index contributed by atoms with van der Waals surface area (Å²) < 4.78 is 7.18. The van der Waals surface area contributed by atoms with Crippen LogP contribution in [0, 0.1) is 4.77 Å². The molecule has 1 aromatic heterocycles. The van der Waals surface area contributed by atoms with Gasteiger partial charge in [-0.05, 0) is 54.9 Å². The zero-order valence-corrected chi connectivity index (χ0v) is 12.4. The van der Waals surface area contributed by atoms with E-state index in [1.807, 2.05) is 0 Å². The van der Waals surface area contributed by atoms with Gasteiger partial charge >= 0.3 is 5.97 Å². The Morgan fingerprint density at radius 1 is 1.50 bits per heavy atom. The summed E-state index contributed by atoms with van der Waals surface area (Å²) in [5, 5.41) is 19.9. The van der Waals surface area contributed by atoms with Crippen molar-refractivity contribution in [2.24, 2.45) is 5.10 Å². The van der Waals surface area contributed by atoms with Gasteiger partial charge in [0, 0.05) is 5.92 Å². The number of nitrogens with one attached hydrogen (secondary N) is 1. The average molecular weight is 318 g/mol. The summed E-state index contributed by atoms with van der Waals surface area (Å²) >= 11 is 5.17. The molecule has 0 amide bonds. The number of carbonyl (C=O) groups is 1. The quantitative estimate of drug-likeness (QED) is 0.629. The molecule has 8 heteroatoms. The first kappa shape index (κ1) is 14.5. The van der Waals surface area contributed by atoms with E-state index in [0.717, 1.165) is 24.2 Å². The van der Waals surface area contributed by atoms with Gasteiger partial charge in [0.2, 0.25) is 4.77 Å². The zero-order chi connectivity index (χ0) is 15.5. The van der Waals surface area contributed by atoms with Gasteiger partial charge in [0.05, 0.1) is 6.21 Å². The van der Waals surface area contributed by atoms with Crippen molar-refractivity contribution in [3.8, 4) is 5.75 Å². The molecule has 22 heavy (non-hydrogen) atoms.